The second kappa shape index (κ2) is 8.96. The smallest absolute Gasteiger partial charge is 0.252 e. The number of nitrogens with zero attached hydrogens (tertiary/aromatic N) is 3. The molecule has 3 aromatic rings. The number of allylic oxidation sites excluding steroid dienone is 1. The van der Waals surface area contributed by atoms with Gasteiger partial charge < -0.3 is 15.6 Å². The fourth-order valence-electron chi connectivity index (χ4n) is 5.18. The fraction of sp³-hybridized carbons (Fsp3) is 0.444. The van der Waals surface area contributed by atoms with E-state index in [2.05, 4.69) is 67.1 Å². The molecule has 0 saturated heterocycles. The maximum Gasteiger partial charge on any atom is 0.252 e. The van der Waals surface area contributed by atoms with Gasteiger partial charge in [0, 0.05) is 40.8 Å². The second-order valence-electron chi connectivity index (χ2n) is 10.6. The van der Waals surface area contributed by atoms with Gasteiger partial charge in [-0.2, -0.15) is 5.10 Å². The Labute approximate surface area is 201 Å². The Hall–Kier alpha value is -3.03. The van der Waals surface area contributed by atoms with E-state index in [1.807, 2.05) is 36.9 Å². The molecule has 0 bridgehead atoms. The summed E-state index contributed by atoms with van der Waals surface area (Å²) in [5.74, 6) is 0. The predicted octanol–water partition coefficient (Wildman–Crippen LogP) is 4.15. The van der Waals surface area contributed by atoms with Crippen molar-refractivity contribution in [2.45, 2.75) is 78.7 Å². The predicted molar refractivity (Wildman–Crippen MR) is 139 cm³/mol. The molecule has 3 aromatic heterocycles. The van der Waals surface area contributed by atoms with Crippen molar-refractivity contribution in [3.8, 4) is 0 Å². The monoisotopic (exact) mass is 460 g/mol. The first-order valence-electron chi connectivity index (χ1n) is 11.9. The molecular formula is C27H36N6O. The third kappa shape index (κ3) is 5.05. The van der Waals surface area contributed by atoms with Crippen LogP contribution in [0.15, 0.2) is 41.9 Å². The lowest BCUT2D eigenvalue weighted by atomic mass is 9.82. The van der Waals surface area contributed by atoms with Gasteiger partial charge in [0.05, 0.1) is 18.4 Å². The van der Waals surface area contributed by atoms with Gasteiger partial charge in [0.2, 0.25) is 0 Å². The van der Waals surface area contributed by atoms with E-state index in [0.717, 1.165) is 45.5 Å². The third-order valence-corrected chi connectivity index (χ3v) is 6.26. The van der Waals surface area contributed by atoms with E-state index in [1.54, 1.807) is 0 Å². The molecule has 0 unspecified atom stereocenters. The Morgan fingerprint density at radius 2 is 1.97 bits per heavy atom. The molecule has 7 heteroatoms. The third-order valence-electron chi connectivity index (χ3n) is 6.26. The Bertz CT molecular complexity index is 1320. The van der Waals surface area contributed by atoms with Crippen LogP contribution in [0.3, 0.4) is 0 Å². The molecule has 7 nitrogen and oxygen atoms in total. The van der Waals surface area contributed by atoms with E-state index in [-0.39, 0.29) is 16.6 Å². The first kappa shape index (κ1) is 24.1. The molecule has 0 aliphatic carbocycles. The highest BCUT2D eigenvalue weighted by Gasteiger charge is 2.33. The van der Waals surface area contributed by atoms with E-state index < -0.39 is 0 Å². The fourth-order valence-corrected chi connectivity index (χ4v) is 5.18. The first-order chi connectivity index (χ1) is 16.0. The quantitative estimate of drug-likeness (QED) is 0.461. The van der Waals surface area contributed by atoms with Crippen molar-refractivity contribution in [2.24, 2.45) is 0 Å². The Balaban J connectivity index is 1.71. The molecule has 0 aromatic carbocycles. The lowest BCUT2D eigenvalue weighted by molar-refractivity contribution is 0.297. The molecule has 1 aliphatic rings. The van der Waals surface area contributed by atoms with Gasteiger partial charge in [-0.15, -0.1) is 6.58 Å². The molecule has 0 atom stereocenters. The highest BCUT2D eigenvalue weighted by atomic mass is 16.1. The summed E-state index contributed by atoms with van der Waals surface area (Å²) >= 11 is 0. The van der Waals surface area contributed by atoms with Crippen LogP contribution in [0.1, 0.15) is 62.2 Å². The summed E-state index contributed by atoms with van der Waals surface area (Å²) in [5, 5.41) is 12.8. The summed E-state index contributed by atoms with van der Waals surface area (Å²) in [7, 11) is 0. The van der Waals surface area contributed by atoms with Gasteiger partial charge in [-0.1, -0.05) is 12.2 Å². The minimum absolute atomic E-state index is 0.0336. The number of hydrogen-bond acceptors (Lipinski definition) is 5. The maximum atomic E-state index is 12.4. The van der Waals surface area contributed by atoms with Gasteiger partial charge in [-0.3, -0.25) is 4.79 Å². The standard InChI is InChI=1S/C27H36N6O/c1-8-9-33-24-22(16-29-33)19(14-28-15-21-17(2)10-18(3)30-25(21)34)11-23(31-24)20-12-26(4,5)32-27(6,7)13-20/h8,10-12,16,28,32H,1,9,13-15H2,2-7H3,(H,30,34). The summed E-state index contributed by atoms with van der Waals surface area (Å²) in [6.45, 7) is 18.3. The van der Waals surface area contributed by atoms with Crippen LogP contribution in [0.4, 0.5) is 0 Å². The zero-order chi connectivity index (χ0) is 24.7. The van der Waals surface area contributed by atoms with Crippen molar-refractivity contribution in [1.29, 1.82) is 0 Å². The van der Waals surface area contributed by atoms with Gasteiger partial charge in [0.1, 0.15) is 0 Å². The second-order valence-corrected chi connectivity index (χ2v) is 10.6. The highest BCUT2D eigenvalue weighted by Crippen LogP contribution is 2.34. The number of rotatable bonds is 7. The van der Waals surface area contributed by atoms with Crippen molar-refractivity contribution in [3.63, 3.8) is 0 Å². The SMILES string of the molecule is C=CCn1ncc2c(CNCc3c(C)cc(C)[nH]c3=O)cc(C3=CC(C)(C)NC(C)(C)C3)nc21. The lowest BCUT2D eigenvalue weighted by Gasteiger charge is -2.41. The van der Waals surface area contributed by atoms with Crippen molar-refractivity contribution in [3.05, 3.63) is 75.5 Å². The van der Waals surface area contributed by atoms with Crippen LogP contribution >= 0.6 is 0 Å². The molecular weight excluding hydrogens is 424 g/mol. The van der Waals surface area contributed by atoms with Gasteiger partial charge >= 0.3 is 0 Å². The van der Waals surface area contributed by atoms with Crippen molar-refractivity contribution < 1.29 is 0 Å². The first-order valence-corrected chi connectivity index (χ1v) is 11.9. The zero-order valence-corrected chi connectivity index (χ0v) is 21.2. The van der Waals surface area contributed by atoms with Gasteiger partial charge in [0.25, 0.3) is 5.56 Å². The summed E-state index contributed by atoms with van der Waals surface area (Å²) in [6.07, 6.45) is 6.88. The van der Waals surface area contributed by atoms with Crippen LogP contribution in [0, 0.1) is 13.8 Å². The lowest BCUT2D eigenvalue weighted by Crippen LogP contribution is -2.53. The number of aromatic amines is 1. The highest BCUT2D eigenvalue weighted by molar-refractivity contribution is 5.82. The number of H-pyrrole nitrogens is 1. The Kier molecular flexibility index (Phi) is 6.36. The normalized spacial score (nSPS) is 17.1. The van der Waals surface area contributed by atoms with E-state index >= 15 is 0 Å². The maximum absolute atomic E-state index is 12.4. The van der Waals surface area contributed by atoms with Crippen molar-refractivity contribution >= 4 is 16.6 Å². The molecule has 180 valence electrons. The van der Waals surface area contributed by atoms with Crippen LogP contribution in [0.5, 0.6) is 0 Å². The van der Waals surface area contributed by atoms with Gasteiger partial charge in [-0.25, -0.2) is 9.67 Å². The Morgan fingerprint density at radius 1 is 1.21 bits per heavy atom. The van der Waals surface area contributed by atoms with E-state index in [4.69, 9.17) is 4.98 Å². The van der Waals surface area contributed by atoms with Crippen LogP contribution < -0.4 is 16.2 Å². The number of aryl methyl sites for hydroxylation is 2. The number of fused-ring (bicyclic) bond motifs is 1. The minimum Gasteiger partial charge on any atom is -0.326 e. The van der Waals surface area contributed by atoms with Crippen LogP contribution in [0.2, 0.25) is 0 Å². The average molecular weight is 461 g/mol. The molecule has 4 rings (SSSR count). The zero-order valence-electron chi connectivity index (χ0n) is 21.2. The van der Waals surface area contributed by atoms with Crippen molar-refractivity contribution in [1.82, 2.24) is 30.4 Å². The molecule has 1 aliphatic heterocycles. The molecule has 0 saturated carbocycles. The minimum atomic E-state index is -0.127. The van der Waals surface area contributed by atoms with E-state index in [1.165, 1.54) is 5.57 Å². The molecule has 0 spiro atoms. The van der Waals surface area contributed by atoms with E-state index in [9.17, 15) is 4.79 Å². The summed E-state index contributed by atoms with van der Waals surface area (Å²) in [4.78, 5) is 20.4. The summed E-state index contributed by atoms with van der Waals surface area (Å²) in [6, 6.07) is 4.18. The van der Waals surface area contributed by atoms with E-state index in [0.29, 0.717) is 19.6 Å². The van der Waals surface area contributed by atoms with Gasteiger partial charge in [-0.05, 0) is 76.8 Å². The van der Waals surface area contributed by atoms with Gasteiger partial charge in [0.15, 0.2) is 5.65 Å². The number of hydrogen-bond donors (Lipinski definition) is 3. The van der Waals surface area contributed by atoms with Crippen LogP contribution in [-0.4, -0.2) is 30.8 Å². The molecule has 0 amide bonds. The van der Waals surface area contributed by atoms with Crippen LogP contribution in [0.25, 0.3) is 16.6 Å². The molecule has 0 fully saturated rings. The largest absolute Gasteiger partial charge is 0.326 e. The van der Waals surface area contributed by atoms with Crippen LogP contribution in [-0.2, 0) is 19.6 Å². The number of aromatic nitrogens is 4. The number of nitrogens with one attached hydrogen (secondary N) is 3. The molecule has 4 heterocycles. The average Bonchev–Trinajstić information content (AvgIpc) is 3.11. The summed E-state index contributed by atoms with van der Waals surface area (Å²) < 4.78 is 1.89. The molecule has 0 radical (unpaired) electrons. The summed E-state index contributed by atoms with van der Waals surface area (Å²) in [5.41, 5.74) is 6.62. The molecule has 3 N–H and O–H groups in total. The van der Waals surface area contributed by atoms with Crippen molar-refractivity contribution in [2.75, 3.05) is 0 Å². The topological polar surface area (TPSA) is 87.6 Å². The number of pyridine rings is 2. The Morgan fingerprint density at radius 3 is 2.65 bits per heavy atom. The molecule has 34 heavy (non-hydrogen) atoms.